The van der Waals surface area contributed by atoms with E-state index in [4.69, 9.17) is 11.6 Å². The monoisotopic (exact) mass is 194 g/mol. The number of carbonyl (C=O) groups excluding carboxylic acids is 1. The Bertz CT molecular complexity index is 305. The standard InChI is InChI=1S/C11H11ClO/c12-11-8-4-3-7-10(11)6-2-1-5-9-13/h1-4,7-9H,5-6H2/b2-1-. The maximum absolute atomic E-state index is 10.0. The van der Waals surface area contributed by atoms with Gasteiger partial charge in [-0.05, 0) is 18.1 Å². The van der Waals surface area contributed by atoms with Gasteiger partial charge in [-0.1, -0.05) is 42.0 Å². The molecule has 0 aliphatic heterocycles. The summed E-state index contributed by atoms with van der Waals surface area (Å²) in [5.74, 6) is 0. The Hall–Kier alpha value is -1.08. The van der Waals surface area contributed by atoms with E-state index in [2.05, 4.69) is 0 Å². The van der Waals surface area contributed by atoms with E-state index in [9.17, 15) is 4.79 Å². The maximum atomic E-state index is 10.0. The van der Waals surface area contributed by atoms with Crippen molar-refractivity contribution >= 4 is 17.9 Å². The SMILES string of the molecule is O=CC/C=C\Cc1ccccc1Cl. The number of aldehydes is 1. The summed E-state index contributed by atoms with van der Waals surface area (Å²) in [6.07, 6.45) is 5.94. The number of allylic oxidation sites excluding steroid dienone is 2. The molecule has 0 spiro atoms. The summed E-state index contributed by atoms with van der Waals surface area (Å²) in [5.41, 5.74) is 1.09. The van der Waals surface area contributed by atoms with Crippen LogP contribution in [0.4, 0.5) is 0 Å². The summed E-state index contributed by atoms with van der Waals surface area (Å²) in [5, 5.41) is 0.776. The lowest BCUT2D eigenvalue weighted by Crippen LogP contribution is -1.81. The first-order valence-electron chi connectivity index (χ1n) is 4.16. The first-order chi connectivity index (χ1) is 6.34. The number of hydrogen-bond donors (Lipinski definition) is 0. The third kappa shape index (κ3) is 3.43. The lowest BCUT2D eigenvalue weighted by molar-refractivity contribution is -0.107. The molecule has 0 atom stereocenters. The largest absolute Gasteiger partial charge is 0.303 e. The highest BCUT2D eigenvalue weighted by molar-refractivity contribution is 6.31. The van der Waals surface area contributed by atoms with Crippen molar-refractivity contribution in [3.05, 3.63) is 47.0 Å². The highest BCUT2D eigenvalue weighted by Gasteiger charge is 1.94. The lowest BCUT2D eigenvalue weighted by Gasteiger charge is -1.98. The molecule has 0 N–H and O–H groups in total. The quantitative estimate of drug-likeness (QED) is 0.532. The molecule has 2 heteroatoms. The number of halogens is 1. The summed E-state index contributed by atoms with van der Waals surface area (Å²) in [6.45, 7) is 0. The van der Waals surface area contributed by atoms with Gasteiger partial charge in [0.05, 0.1) is 0 Å². The molecule has 0 aliphatic carbocycles. The van der Waals surface area contributed by atoms with Crippen LogP contribution in [0, 0.1) is 0 Å². The highest BCUT2D eigenvalue weighted by Crippen LogP contribution is 2.15. The minimum Gasteiger partial charge on any atom is -0.303 e. The molecule has 0 unspecified atom stereocenters. The van der Waals surface area contributed by atoms with Crippen molar-refractivity contribution in [2.24, 2.45) is 0 Å². The minimum absolute atomic E-state index is 0.477. The molecule has 0 aromatic heterocycles. The summed E-state index contributed by atoms with van der Waals surface area (Å²) in [7, 11) is 0. The summed E-state index contributed by atoms with van der Waals surface area (Å²) < 4.78 is 0. The molecule has 13 heavy (non-hydrogen) atoms. The lowest BCUT2D eigenvalue weighted by atomic mass is 10.1. The van der Waals surface area contributed by atoms with Gasteiger partial charge in [-0.25, -0.2) is 0 Å². The number of hydrogen-bond acceptors (Lipinski definition) is 1. The molecule has 1 rings (SSSR count). The van der Waals surface area contributed by atoms with Crippen LogP contribution >= 0.6 is 11.6 Å². The summed E-state index contributed by atoms with van der Waals surface area (Å²) >= 11 is 5.93. The maximum Gasteiger partial charge on any atom is 0.123 e. The number of benzene rings is 1. The van der Waals surface area contributed by atoms with Gasteiger partial charge in [0.25, 0.3) is 0 Å². The predicted octanol–water partition coefficient (Wildman–Crippen LogP) is 3.03. The Morgan fingerprint density at radius 3 is 2.69 bits per heavy atom. The van der Waals surface area contributed by atoms with Crippen LogP contribution in [-0.4, -0.2) is 6.29 Å². The second-order valence-corrected chi connectivity index (χ2v) is 3.08. The Kier molecular flexibility index (Phi) is 4.27. The van der Waals surface area contributed by atoms with Gasteiger partial charge in [-0.3, -0.25) is 0 Å². The topological polar surface area (TPSA) is 17.1 Å². The van der Waals surface area contributed by atoms with Crippen molar-refractivity contribution in [3.63, 3.8) is 0 Å². The molecule has 0 aliphatic rings. The van der Waals surface area contributed by atoms with Crippen LogP contribution in [0.5, 0.6) is 0 Å². The van der Waals surface area contributed by atoms with Crippen LogP contribution in [0.3, 0.4) is 0 Å². The van der Waals surface area contributed by atoms with Gasteiger partial charge in [0, 0.05) is 11.4 Å². The molecule has 0 saturated carbocycles. The Labute approximate surface area is 83.0 Å². The normalized spacial score (nSPS) is 10.5. The van der Waals surface area contributed by atoms with Crippen LogP contribution in [0.15, 0.2) is 36.4 Å². The summed E-state index contributed by atoms with van der Waals surface area (Å²) in [4.78, 5) is 10.0. The Morgan fingerprint density at radius 2 is 2.00 bits per heavy atom. The third-order valence-corrected chi connectivity index (χ3v) is 2.06. The molecule has 0 fully saturated rings. The molecule has 0 radical (unpaired) electrons. The van der Waals surface area contributed by atoms with Crippen molar-refractivity contribution in [3.8, 4) is 0 Å². The van der Waals surface area contributed by atoms with Crippen molar-refractivity contribution in [2.45, 2.75) is 12.8 Å². The van der Waals surface area contributed by atoms with Gasteiger partial charge in [-0.15, -0.1) is 0 Å². The van der Waals surface area contributed by atoms with Crippen molar-refractivity contribution in [2.75, 3.05) is 0 Å². The van der Waals surface area contributed by atoms with E-state index in [0.717, 1.165) is 23.3 Å². The molecule has 1 aromatic rings. The van der Waals surface area contributed by atoms with Crippen molar-refractivity contribution in [1.82, 2.24) is 0 Å². The summed E-state index contributed by atoms with van der Waals surface area (Å²) in [6, 6.07) is 7.70. The van der Waals surface area contributed by atoms with Crippen LogP contribution in [0.25, 0.3) is 0 Å². The average Bonchev–Trinajstić information content (AvgIpc) is 2.15. The van der Waals surface area contributed by atoms with Gasteiger partial charge in [0.15, 0.2) is 0 Å². The van der Waals surface area contributed by atoms with E-state index in [1.165, 1.54) is 0 Å². The second kappa shape index (κ2) is 5.55. The average molecular weight is 195 g/mol. The van der Waals surface area contributed by atoms with E-state index in [0.29, 0.717) is 6.42 Å². The van der Waals surface area contributed by atoms with Crippen molar-refractivity contribution in [1.29, 1.82) is 0 Å². The molecule has 0 saturated heterocycles. The Balaban J connectivity index is 2.54. The fourth-order valence-corrected chi connectivity index (χ4v) is 1.24. The molecule has 1 aromatic carbocycles. The van der Waals surface area contributed by atoms with Gasteiger partial charge in [0.2, 0.25) is 0 Å². The van der Waals surface area contributed by atoms with Gasteiger partial charge in [-0.2, -0.15) is 0 Å². The number of carbonyl (C=O) groups is 1. The second-order valence-electron chi connectivity index (χ2n) is 2.67. The Morgan fingerprint density at radius 1 is 1.23 bits per heavy atom. The molecule has 1 nitrogen and oxygen atoms in total. The van der Waals surface area contributed by atoms with Gasteiger partial charge >= 0.3 is 0 Å². The predicted molar refractivity (Wildman–Crippen MR) is 55.0 cm³/mol. The fraction of sp³-hybridized carbons (Fsp3) is 0.182. The molecule has 0 amide bonds. The van der Waals surface area contributed by atoms with Crippen LogP contribution in [-0.2, 0) is 11.2 Å². The zero-order valence-electron chi connectivity index (χ0n) is 7.24. The molecule has 0 bridgehead atoms. The molecule has 0 heterocycles. The highest BCUT2D eigenvalue weighted by atomic mass is 35.5. The van der Waals surface area contributed by atoms with Crippen LogP contribution in [0.2, 0.25) is 5.02 Å². The van der Waals surface area contributed by atoms with Gasteiger partial charge < -0.3 is 4.79 Å². The first kappa shape index (κ1) is 10.0. The minimum atomic E-state index is 0.477. The third-order valence-electron chi connectivity index (χ3n) is 1.69. The zero-order valence-corrected chi connectivity index (χ0v) is 8.00. The molecular formula is C11H11ClO. The molecule has 68 valence electrons. The fourth-order valence-electron chi connectivity index (χ4n) is 1.03. The van der Waals surface area contributed by atoms with Crippen LogP contribution < -0.4 is 0 Å². The van der Waals surface area contributed by atoms with E-state index >= 15 is 0 Å². The zero-order chi connectivity index (χ0) is 9.52. The van der Waals surface area contributed by atoms with Crippen LogP contribution in [0.1, 0.15) is 12.0 Å². The van der Waals surface area contributed by atoms with E-state index < -0.39 is 0 Å². The first-order valence-corrected chi connectivity index (χ1v) is 4.54. The van der Waals surface area contributed by atoms with E-state index in [1.807, 2.05) is 36.4 Å². The smallest absolute Gasteiger partial charge is 0.123 e. The van der Waals surface area contributed by atoms with Crippen molar-refractivity contribution < 1.29 is 4.79 Å². The number of rotatable bonds is 4. The van der Waals surface area contributed by atoms with E-state index in [-0.39, 0.29) is 0 Å². The molecular weight excluding hydrogens is 184 g/mol. The van der Waals surface area contributed by atoms with E-state index in [1.54, 1.807) is 0 Å². The van der Waals surface area contributed by atoms with Gasteiger partial charge in [0.1, 0.15) is 6.29 Å².